The number of methoxy groups -OCH3 is 1. The molecule has 5 nitrogen and oxygen atoms in total. The Morgan fingerprint density at radius 3 is 2.54 bits per heavy atom. The fourth-order valence-corrected chi connectivity index (χ4v) is 3.15. The van der Waals surface area contributed by atoms with Gasteiger partial charge in [0.15, 0.2) is 0 Å². The first-order chi connectivity index (χ1) is 11.5. The maximum atomic E-state index is 12.2. The molecule has 1 amide bonds. The van der Waals surface area contributed by atoms with Crippen LogP contribution >= 0.6 is 11.8 Å². The molecule has 0 saturated carbocycles. The number of hydrogen-bond acceptors (Lipinski definition) is 4. The van der Waals surface area contributed by atoms with Crippen LogP contribution < -0.4 is 10.1 Å². The summed E-state index contributed by atoms with van der Waals surface area (Å²) in [6.45, 7) is 1.88. The van der Waals surface area contributed by atoms with Gasteiger partial charge in [0.1, 0.15) is 5.75 Å². The number of carboxylic acids is 1. The molecule has 0 radical (unpaired) electrons. The number of rotatable bonds is 7. The van der Waals surface area contributed by atoms with Crippen LogP contribution in [0, 0.1) is 0 Å². The van der Waals surface area contributed by atoms with Crippen molar-refractivity contribution in [2.75, 3.05) is 12.9 Å². The average molecular weight is 345 g/mol. The zero-order chi connectivity index (χ0) is 17.5. The molecule has 0 heterocycles. The highest BCUT2D eigenvalue weighted by Crippen LogP contribution is 2.25. The predicted octanol–water partition coefficient (Wildman–Crippen LogP) is 3.36. The highest BCUT2D eigenvalue weighted by molar-refractivity contribution is 8.00. The lowest BCUT2D eigenvalue weighted by Gasteiger charge is -2.17. The third kappa shape index (κ3) is 4.52. The topological polar surface area (TPSA) is 75.6 Å². The molecule has 0 aliphatic carbocycles. The van der Waals surface area contributed by atoms with Gasteiger partial charge in [0.05, 0.1) is 24.5 Å². The minimum Gasteiger partial charge on any atom is -0.496 e. The fourth-order valence-electron chi connectivity index (χ4n) is 2.30. The van der Waals surface area contributed by atoms with Crippen LogP contribution in [0.25, 0.3) is 0 Å². The van der Waals surface area contributed by atoms with Crippen LogP contribution in [0.1, 0.15) is 28.9 Å². The molecule has 0 aliphatic rings. The van der Waals surface area contributed by atoms with E-state index < -0.39 is 5.97 Å². The molecule has 0 spiro atoms. The number of nitrogens with one attached hydrogen (secondary N) is 1. The Balaban J connectivity index is 1.98. The van der Waals surface area contributed by atoms with Crippen LogP contribution in [0.15, 0.2) is 53.4 Å². The number of carboxylic acid groups (broad SMARTS) is 1. The SMILES string of the molecule is COc1ccccc1[C@@H](C)NC(=O)CSc1ccccc1C(=O)O. The van der Waals surface area contributed by atoms with Gasteiger partial charge in [0.25, 0.3) is 0 Å². The molecule has 0 fully saturated rings. The van der Waals surface area contributed by atoms with E-state index in [-0.39, 0.29) is 23.3 Å². The normalized spacial score (nSPS) is 11.6. The minimum absolute atomic E-state index is 0.143. The van der Waals surface area contributed by atoms with E-state index in [2.05, 4.69) is 5.32 Å². The van der Waals surface area contributed by atoms with Crippen LogP contribution in [0.4, 0.5) is 0 Å². The van der Waals surface area contributed by atoms with Crippen molar-refractivity contribution in [3.8, 4) is 5.75 Å². The van der Waals surface area contributed by atoms with Crippen LogP contribution in [0.5, 0.6) is 5.75 Å². The van der Waals surface area contributed by atoms with Gasteiger partial charge in [-0.05, 0) is 25.1 Å². The second-order valence-electron chi connectivity index (χ2n) is 5.12. The molecule has 126 valence electrons. The van der Waals surface area contributed by atoms with Crippen molar-refractivity contribution in [2.24, 2.45) is 0 Å². The van der Waals surface area contributed by atoms with Gasteiger partial charge in [-0.15, -0.1) is 11.8 Å². The molecular weight excluding hydrogens is 326 g/mol. The Morgan fingerprint density at radius 2 is 1.83 bits per heavy atom. The molecule has 2 aromatic carbocycles. The maximum Gasteiger partial charge on any atom is 0.336 e. The van der Waals surface area contributed by atoms with E-state index in [1.54, 1.807) is 25.3 Å². The molecule has 0 aromatic heterocycles. The van der Waals surface area contributed by atoms with Crippen LogP contribution in [0.3, 0.4) is 0 Å². The molecule has 24 heavy (non-hydrogen) atoms. The Bertz CT molecular complexity index is 732. The van der Waals surface area contributed by atoms with Crippen molar-refractivity contribution in [1.82, 2.24) is 5.32 Å². The van der Waals surface area contributed by atoms with Crippen LogP contribution in [0.2, 0.25) is 0 Å². The highest BCUT2D eigenvalue weighted by atomic mass is 32.2. The summed E-state index contributed by atoms with van der Waals surface area (Å²) in [4.78, 5) is 23.9. The summed E-state index contributed by atoms with van der Waals surface area (Å²) >= 11 is 1.21. The maximum absolute atomic E-state index is 12.2. The van der Waals surface area contributed by atoms with Crippen molar-refractivity contribution >= 4 is 23.6 Å². The van der Waals surface area contributed by atoms with E-state index in [0.29, 0.717) is 10.6 Å². The van der Waals surface area contributed by atoms with E-state index in [1.807, 2.05) is 31.2 Å². The summed E-state index contributed by atoms with van der Waals surface area (Å²) in [5, 5.41) is 12.1. The van der Waals surface area contributed by atoms with Crippen LogP contribution in [-0.4, -0.2) is 29.8 Å². The Morgan fingerprint density at radius 1 is 1.17 bits per heavy atom. The Hall–Kier alpha value is -2.47. The standard InChI is InChI=1S/C18H19NO4S/c1-12(13-7-3-5-9-15(13)23-2)19-17(20)11-24-16-10-6-4-8-14(16)18(21)22/h3-10,12H,11H2,1-2H3,(H,19,20)(H,21,22)/t12-/m1/s1. The summed E-state index contributed by atoms with van der Waals surface area (Å²) < 4.78 is 5.30. The van der Waals surface area contributed by atoms with Gasteiger partial charge in [0.2, 0.25) is 5.91 Å². The summed E-state index contributed by atoms with van der Waals surface area (Å²) in [5.74, 6) is -0.308. The third-order valence-electron chi connectivity index (χ3n) is 3.46. The minimum atomic E-state index is -0.999. The largest absolute Gasteiger partial charge is 0.496 e. The lowest BCUT2D eigenvalue weighted by Crippen LogP contribution is -2.28. The molecule has 0 bridgehead atoms. The number of carbonyl (C=O) groups excluding carboxylic acids is 1. The van der Waals surface area contributed by atoms with Crippen LogP contribution in [-0.2, 0) is 4.79 Å². The van der Waals surface area contributed by atoms with Gasteiger partial charge in [0, 0.05) is 10.5 Å². The zero-order valence-corrected chi connectivity index (χ0v) is 14.3. The lowest BCUT2D eigenvalue weighted by atomic mass is 10.1. The Kier molecular flexibility index (Phi) is 6.26. The van der Waals surface area contributed by atoms with E-state index in [1.165, 1.54) is 17.8 Å². The molecule has 1 atom stereocenters. The van der Waals surface area contributed by atoms with E-state index in [9.17, 15) is 9.59 Å². The van der Waals surface area contributed by atoms with Crippen molar-refractivity contribution in [3.63, 3.8) is 0 Å². The average Bonchev–Trinajstić information content (AvgIpc) is 2.60. The summed E-state index contributed by atoms with van der Waals surface area (Å²) in [5.41, 5.74) is 1.09. The number of ether oxygens (including phenoxy) is 1. The fraction of sp³-hybridized carbons (Fsp3) is 0.222. The number of thioether (sulfide) groups is 1. The summed E-state index contributed by atoms with van der Waals surface area (Å²) in [7, 11) is 1.59. The predicted molar refractivity (Wildman–Crippen MR) is 93.7 cm³/mol. The number of hydrogen-bond donors (Lipinski definition) is 2. The third-order valence-corrected chi connectivity index (χ3v) is 4.53. The van der Waals surface area contributed by atoms with Gasteiger partial charge in [-0.1, -0.05) is 30.3 Å². The van der Waals surface area contributed by atoms with Crippen molar-refractivity contribution < 1.29 is 19.4 Å². The van der Waals surface area contributed by atoms with Gasteiger partial charge in [-0.2, -0.15) is 0 Å². The number of carbonyl (C=O) groups is 2. The smallest absolute Gasteiger partial charge is 0.336 e. The molecular formula is C18H19NO4S. The quantitative estimate of drug-likeness (QED) is 0.753. The first-order valence-electron chi connectivity index (χ1n) is 7.40. The number of benzene rings is 2. The monoisotopic (exact) mass is 345 g/mol. The molecule has 2 aromatic rings. The van der Waals surface area contributed by atoms with Crippen molar-refractivity contribution in [2.45, 2.75) is 17.9 Å². The first-order valence-corrected chi connectivity index (χ1v) is 8.39. The van der Waals surface area contributed by atoms with E-state index in [4.69, 9.17) is 9.84 Å². The Labute approximate surface area is 145 Å². The number of amides is 1. The number of para-hydroxylation sites is 1. The van der Waals surface area contributed by atoms with Gasteiger partial charge < -0.3 is 15.2 Å². The highest BCUT2D eigenvalue weighted by Gasteiger charge is 2.15. The zero-order valence-electron chi connectivity index (χ0n) is 13.5. The first kappa shape index (κ1) is 17.9. The molecule has 0 saturated heterocycles. The van der Waals surface area contributed by atoms with Gasteiger partial charge >= 0.3 is 5.97 Å². The molecule has 0 unspecified atom stereocenters. The lowest BCUT2D eigenvalue weighted by molar-refractivity contribution is -0.119. The van der Waals surface area contributed by atoms with E-state index in [0.717, 1.165) is 5.56 Å². The number of aromatic carboxylic acids is 1. The van der Waals surface area contributed by atoms with Crippen molar-refractivity contribution in [3.05, 3.63) is 59.7 Å². The summed E-state index contributed by atoms with van der Waals surface area (Å²) in [6.07, 6.45) is 0. The van der Waals surface area contributed by atoms with Gasteiger partial charge in [-0.25, -0.2) is 4.79 Å². The van der Waals surface area contributed by atoms with Gasteiger partial charge in [-0.3, -0.25) is 4.79 Å². The summed E-state index contributed by atoms with van der Waals surface area (Å²) in [6, 6.07) is 13.9. The molecule has 2 N–H and O–H groups in total. The second kappa shape index (κ2) is 8.40. The van der Waals surface area contributed by atoms with E-state index >= 15 is 0 Å². The van der Waals surface area contributed by atoms with Crippen molar-refractivity contribution in [1.29, 1.82) is 0 Å². The molecule has 0 aliphatic heterocycles. The second-order valence-corrected chi connectivity index (χ2v) is 6.14. The molecule has 2 rings (SSSR count). The molecule has 6 heteroatoms.